The van der Waals surface area contributed by atoms with E-state index >= 15 is 0 Å². The van der Waals surface area contributed by atoms with Crippen LogP contribution < -0.4 is 16.0 Å². The van der Waals surface area contributed by atoms with Crippen molar-refractivity contribution in [3.63, 3.8) is 0 Å². The number of anilines is 1. The van der Waals surface area contributed by atoms with E-state index in [0.717, 1.165) is 77.8 Å². The highest BCUT2D eigenvalue weighted by atomic mass is 35.5. The SMILES string of the molecule is Cl.Cl.Cl.NC1CCCC(C(=O)NCCCCN2CCN(c3ccccc3)CC2)C1. The number of halogens is 3. The molecule has 1 aliphatic heterocycles. The number of hydrogen-bond donors (Lipinski definition) is 2. The monoisotopic (exact) mass is 466 g/mol. The second-order valence-electron chi connectivity index (χ2n) is 7.79. The summed E-state index contributed by atoms with van der Waals surface area (Å²) in [5.74, 6) is 0.362. The Morgan fingerprint density at radius 1 is 1.00 bits per heavy atom. The summed E-state index contributed by atoms with van der Waals surface area (Å²) in [6.45, 7) is 6.38. The van der Waals surface area contributed by atoms with Gasteiger partial charge in [-0.2, -0.15) is 0 Å². The van der Waals surface area contributed by atoms with Crippen LogP contribution in [-0.4, -0.2) is 56.1 Å². The van der Waals surface area contributed by atoms with Crippen molar-refractivity contribution in [3.8, 4) is 0 Å². The number of unbranched alkanes of at least 4 members (excludes halogenated alkanes) is 1. The van der Waals surface area contributed by atoms with Crippen LogP contribution in [0.4, 0.5) is 5.69 Å². The number of para-hydroxylation sites is 1. The van der Waals surface area contributed by atoms with Gasteiger partial charge in [0.2, 0.25) is 5.91 Å². The lowest BCUT2D eigenvalue weighted by Crippen LogP contribution is -2.46. The van der Waals surface area contributed by atoms with E-state index in [2.05, 4.69) is 45.4 Å². The first-order valence-corrected chi connectivity index (χ1v) is 10.3. The van der Waals surface area contributed by atoms with E-state index in [1.54, 1.807) is 0 Å². The molecule has 3 N–H and O–H groups in total. The van der Waals surface area contributed by atoms with Crippen LogP contribution in [0.2, 0.25) is 0 Å². The molecule has 1 heterocycles. The Kier molecular flexibility index (Phi) is 14.8. The van der Waals surface area contributed by atoms with Gasteiger partial charge < -0.3 is 16.0 Å². The van der Waals surface area contributed by atoms with Gasteiger partial charge in [0.1, 0.15) is 0 Å². The molecule has 0 radical (unpaired) electrons. The van der Waals surface area contributed by atoms with Crippen LogP contribution in [0.1, 0.15) is 38.5 Å². The number of hydrogen-bond acceptors (Lipinski definition) is 4. The van der Waals surface area contributed by atoms with Crippen LogP contribution in [0.15, 0.2) is 30.3 Å². The van der Waals surface area contributed by atoms with Crippen molar-refractivity contribution in [1.82, 2.24) is 10.2 Å². The molecule has 2 atom stereocenters. The third kappa shape index (κ3) is 9.31. The fourth-order valence-electron chi connectivity index (χ4n) is 4.15. The van der Waals surface area contributed by atoms with Crippen molar-refractivity contribution in [2.45, 2.75) is 44.6 Å². The van der Waals surface area contributed by atoms with Crippen molar-refractivity contribution < 1.29 is 4.79 Å². The second kappa shape index (κ2) is 15.1. The van der Waals surface area contributed by atoms with Crippen LogP contribution >= 0.6 is 37.2 Å². The number of nitrogens with one attached hydrogen (secondary N) is 1. The first-order valence-electron chi connectivity index (χ1n) is 10.3. The molecular formula is C21H37Cl3N4O. The van der Waals surface area contributed by atoms with Gasteiger partial charge in [-0.05, 0) is 50.8 Å². The maximum absolute atomic E-state index is 12.2. The molecule has 3 rings (SSSR count). The molecule has 2 unspecified atom stereocenters. The zero-order chi connectivity index (χ0) is 18.2. The Hall–Kier alpha value is -0.720. The number of piperazine rings is 1. The molecule has 1 aromatic rings. The molecule has 1 aromatic carbocycles. The number of nitrogens with two attached hydrogens (primary N) is 1. The predicted molar refractivity (Wildman–Crippen MR) is 129 cm³/mol. The second-order valence-corrected chi connectivity index (χ2v) is 7.79. The lowest BCUT2D eigenvalue weighted by Gasteiger charge is -2.36. The normalized spacial score (nSPS) is 21.9. The lowest BCUT2D eigenvalue weighted by atomic mass is 9.85. The van der Waals surface area contributed by atoms with Gasteiger partial charge in [0.15, 0.2) is 0 Å². The molecule has 1 amide bonds. The minimum atomic E-state index is 0. The standard InChI is InChI=1S/C21H34N4O.3ClH/c22-19-8-6-7-18(17-19)21(26)23-11-4-5-12-24-13-15-25(16-14-24)20-9-2-1-3-10-20;;;/h1-3,9-10,18-19H,4-8,11-17,22H2,(H,23,26);3*1H. The quantitative estimate of drug-likeness (QED) is 0.603. The van der Waals surface area contributed by atoms with Gasteiger partial charge in [0, 0.05) is 50.4 Å². The van der Waals surface area contributed by atoms with Crippen molar-refractivity contribution in [2.24, 2.45) is 11.7 Å². The molecule has 0 spiro atoms. The number of rotatable bonds is 7. The smallest absolute Gasteiger partial charge is 0.223 e. The molecule has 2 aliphatic rings. The Bertz CT molecular complexity index is 556. The third-order valence-corrected chi connectivity index (χ3v) is 5.78. The largest absolute Gasteiger partial charge is 0.369 e. The molecule has 0 aromatic heterocycles. The maximum Gasteiger partial charge on any atom is 0.223 e. The Balaban J connectivity index is 0.00000261. The molecule has 8 heteroatoms. The van der Waals surface area contributed by atoms with Crippen LogP contribution in [0.3, 0.4) is 0 Å². The summed E-state index contributed by atoms with van der Waals surface area (Å²) in [5.41, 5.74) is 7.31. The Morgan fingerprint density at radius 3 is 2.34 bits per heavy atom. The van der Waals surface area contributed by atoms with Gasteiger partial charge in [0.05, 0.1) is 0 Å². The highest BCUT2D eigenvalue weighted by Gasteiger charge is 2.24. The molecule has 1 saturated heterocycles. The van der Waals surface area contributed by atoms with Gasteiger partial charge in [-0.3, -0.25) is 9.69 Å². The zero-order valence-corrected chi connectivity index (χ0v) is 19.6. The zero-order valence-electron chi connectivity index (χ0n) is 17.1. The Morgan fingerprint density at radius 2 is 1.69 bits per heavy atom. The molecule has 29 heavy (non-hydrogen) atoms. The van der Waals surface area contributed by atoms with E-state index in [9.17, 15) is 4.79 Å². The van der Waals surface area contributed by atoms with Gasteiger partial charge in [0.25, 0.3) is 0 Å². The summed E-state index contributed by atoms with van der Waals surface area (Å²) in [6, 6.07) is 10.9. The highest BCUT2D eigenvalue weighted by Crippen LogP contribution is 2.23. The molecule has 1 saturated carbocycles. The summed E-state index contributed by atoms with van der Waals surface area (Å²) in [5, 5.41) is 3.12. The predicted octanol–water partition coefficient (Wildman–Crippen LogP) is 3.49. The minimum absolute atomic E-state index is 0. The van der Waals surface area contributed by atoms with Crippen LogP contribution in [0, 0.1) is 5.92 Å². The average Bonchev–Trinajstić information content (AvgIpc) is 2.69. The molecule has 5 nitrogen and oxygen atoms in total. The van der Waals surface area contributed by atoms with Crippen LogP contribution in [0.5, 0.6) is 0 Å². The summed E-state index contributed by atoms with van der Waals surface area (Å²) in [4.78, 5) is 17.2. The van der Waals surface area contributed by atoms with Crippen LogP contribution in [-0.2, 0) is 4.79 Å². The number of nitrogens with zero attached hydrogens (tertiary/aromatic N) is 2. The number of amides is 1. The van der Waals surface area contributed by atoms with E-state index < -0.39 is 0 Å². The third-order valence-electron chi connectivity index (χ3n) is 5.78. The first-order chi connectivity index (χ1) is 12.7. The van der Waals surface area contributed by atoms with E-state index in [-0.39, 0.29) is 55.1 Å². The lowest BCUT2D eigenvalue weighted by molar-refractivity contribution is -0.126. The fraction of sp³-hybridized carbons (Fsp3) is 0.667. The van der Waals surface area contributed by atoms with E-state index in [4.69, 9.17) is 5.73 Å². The van der Waals surface area contributed by atoms with Crippen LogP contribution in [0.25, 0.3) is 0 Å². The summed E-state index contributed by atoms with van der Waals surface area (Å²) in [7, 11) is 0. The first kappa shape index (κ1) is 28.3. The molecular weight excluding hydrogens is 431 g/mol. The van der Waals surface area contributed by atoms with Crippen molar-refractivity contribution in [3.05, 3.63) is 30.3 Å². The highest BCUT2D eigenvalue weighted by molar-refractivity contribution is 5.86. The number of benzene rings is 1. The van der Waals surface area contributed by atoms with Crippen molar-refractivity contribution in [1.29, 1.82) is 0 Å². The average molecular weight is 468 g/mol. The summed E-state index contributed by atoms with van der Waals surface area (Å²) < 4.78 is 0. The van der Waals surface area contributed by atoms with Crippen molar-refractivity contribution in [2.75, 3.05) is 44.2 Å². The molecule has 168 valence electrons. The van der Waals surface area contributed by atoms with Gasteiger partial charge >= 0.3 is 0 Å². The summed E-state index contributed by atoms with van der Waals surface area (Å²) in [6.07, 6.45) is 6.23. The molecule has 1 aliphatic carbocycles. The van der Waals surface area contributed by atoms with Gasteiger partial charge in [-0.25, -0.2) is 0 Å². The summed E-state index contributed by atoms with van der Waals surface area (Å²) >= 11 is 0. The fourth-order valence-corrected chi connectivity index (χ4v) is 4.15. The number of carbonyl (C=O) groups excluding carboxylic acids is 1. The Labute approximate surface area is 194 Å². The van der Waals surface area contributed by atoms with Gasteiger partial charge in [-0.15, -0.1) is 37.2 Å². The van der Waals surface area contributed by atoms with E-state index in [1.807, 2.05) is 0 Å². The van der Waals surface area contributed by atoms with E-state index in [1.165, 1.54) is 5.69 Å². The topological polar surface area (TPSA) is 61.6 Å². The minimum Gasteiger partial charge on any atom is -0.369 e. The molecule has 0 bridgehead atoms. The van der Waals surface area contributed by atoms with E-state index in [0.29, 0.717) is 0 Å². The molecule has 2 fully saturated rings. The van der Waals surface area contributed by atoms with Gasteiger partial charge in [-0.1, -0.05) is 24.6 Å². The number of carbonyl (C=O) groups is 1. The maximum atomic E-state index is 12.2. The van der Waals surface area contributed by atoms with Crippen molar-refractivity contribution >= 4 is 48.8 Å².